The molecule has 0 aromatic heterocycles. The maximum Gasteiger partial charge on any atom is 0.339 e. The predicted molar refractivity (Wildman–Crippen MR) is 148 cm³/mol. The summed E-state index contributed by atoms with van der Waals surface area (Å²) >= 11 is 0.772. The van der Waals surface area contributed by atoms with E-state index in [-0.39, 0.29) is 11.1 Å². The van der Waals surface area contributed by atoms with Crippen molar-refractivity contribution in [1.29, 1.82) is 0 Å². The Labute approximate surface area is 241 Å². The number of carbonyl (C=O) groups is 2. The van der Waals surface area contributed by atoms with Gasteiger partial charge in [-0.1, -0.05) is 18.9 Å². The molecule has 8 aliphatic carbocycles. The Bertz CT molecular complexity index is 1110. The Kier molecular flexibility index (Phi) is 7.00. The zero-order valence-electron chi connectivity index (χ0n) is 23.6. The average molecular weight is 571 g/mol. The van der Waals surface area contributed by atoms with Crippen molar-refractivity contribution in [3.8, 4) is 0 Å². The molecular formula is C32H42O7S. The third kappa shape index (κ3) is 4.26. The van der Waals surface area contributed by atoms with Crippen molar-refractivity contribution in [3.63, 3.8) is 0 Å². The molecule has 0 amide bonds. The quantitative estimate of drug-likeness (QED) is 0.140. The second-order valence-electron chi connectivity index (χ2n) is 13.9. The molecule has 1 aromatic carbocycles. The minimum Gasteiger partial charge on any atom is -0.455 e. The Hall–Kier alpha value is -1.61. The standard InChI is InChI=1S/C32H42O7S/c1-3-31(22-9-18-7-19(11-22)12-23(31)10-18)36-29(33)27-6-5-26(40-39-38-35)17-28(27)30(34)37-32(4-2)24-13-20-8-21(15-24)16-25(32)14-20/h5-6,17-25,35H,3-4,7-16H2,1-2H3. The van der Waals surface area contributed by atoms with Crippen LogP contribution >= 0.6 is 12.0 Å². The van der Waals surface area contributed by atoms with E-state index < -0.39 is 23.1 Å². The van der Waals surface area contributed by atoms with Crippen molar-refractivity contribution in [2.45, 2.75) is 107 Å². The summed E-state index contributed by atoms with van der Waals surface area (Å²) in [6.45, 7) is 4.29. The molecule has 7 nitrogen and oxygen atoms in total. The molecule has 1 N–H and O–H groups in total. The fourth-order valence-electron chi connectivity index (χ4n) is 11.0. The number of esters is 2. The Morgan fingerprint density at radius 2 is 1.15 bits per heavy atom. The molecule has 0 radical (unpaired) electrons. The lowest BCUT2D eigenvalue weighted by Gasteiger charge is -2.60. The largest absolute Gasteiger partial charge is 0.455 e. The smallest absolute Gasteiger partial charge is 0.339 e. The van der Waals surface area contributed by atoms with Crippen LogP contribution in [-0.4, -0.2) is 28.4 Å². The highest BCUT2D eigenvalue weighted by Gasteiger charge is 2.60. The zero-order valence-corrected chi connectivity index (χ0v) is 24.5. The van der Waals surface area contributed by atoms with Crippen molar-refractivity contribution in [1.82, 2.24) is 0 Å². The van der Waals surface area contributed by atoms with Crippen molar-refractivity contribution in [2.24, 2.45) is 47.3 Å². The van der Waals surface area contributed by atoms with E-state index in [2.05, 4.69) is 23.2 Å². The van der Waals surface area contributed by atoms with E-state index >= 15 is 0 Å². The summed E-state index contributed by atoms with van der Waals surface area (Å²) in [6.07, 6.45) is 13.3. The van der Waals surface area contributed by atoms with Gasteiger partial charge in [0, 0.05) is 4.90 Å². The van der Waals surface area contributed by atoms with Gasteiger partial charge < -0.3 is 9.47 Å². The fourth-order valence-corrected chi connectivity index (χ4v) is 11.4. The second-order valence-corrected chi connectivity index (χ2v) is 14.7. The first kappa shape index (κ1) is 27.2. The van der Waals surface area contributed by atoms with Crippen LogP contribution < -0.4 is 0 Å². The summed E-state index contributed by atoms with van der Waals surface area (Å²) in [4.78, 5) is 28.6. The monoisotopic (exact) mass is 570 g/mol. The van der Waals surface area contributed by atoms with Gasteiger partial charge in [0.2, 0.25) is 0 Å². The van der Waals surface area contributed by atoms with Gasteiger partial charge in [-0.25, -0.2) is 14.8 Å². The SMILES string of the molecule is CCC1(OC(=O)c2ccc(SOOO)cc2C(=O)OC2(CC)C3CC4CC(C3)CC2C4)C2CC3CC(C2)CC1C3. The molecule has 8 saturated carbocycles. The fraction of sp³-hybridized carbons (Fsp3) is 0.750. The van der Waals surface area contributed by atoms with Gasteiger partial charge in [-0.3, -0.25) is 0 Å². The number of rotatable bonds is 9. The highest BCUT2D eigenvalue weighted by Crippen LogP contribution is 2.62. The molecule has 0 saturated heterocycles. The molecule has 0 aliphatic heterocycles. The van der Waals surface area contributed by atoms with Crippen LogP contribution in [0.2, 0.25) is 0 Å². The molecule has 8 heteroatoms. The van der Waals surface area contributed by atoms with Gasteiger partial charge in [-0.15, -0.1) is 4.33 Å². The highest BCUT2D eigenvalue weighted by molar-refractivity contribution is 7.94. The van der Waals surface area contributed by atoms with Crippen LogP contribution in [0.3, 0.4) is 0 Å². The molecule has 0 spiro atoms. The van der Waals surface area contributed by atoms with Gasteiger partial charge >= 0.3 is 11.9 Å². The highest BCUT2D eigenvalue weighted by atomic mass is 32.2. The number of ether oxygens (including phenoxy) is 2. The van der Waals surface area contributed by atoms with E-state index in [1.165, 1.54) is 12.8 Å². The number of hydrogen-bond acceptors (Lipinski definition) is 8. The molecule has 40 heavy (non-hydrogen) atoms. The van der Waals surface area contributed by atoms with Gasteiger partial charge in [0.1, 0.15) is 11.2 Å². The maximum atomic E-state index is 14.1. The van der Waals surface area contributed by atoms with E-state index in [1.54, 1.807) is 18.2 Å². The van der Waals surface area contributed by atoms with Crippen LogP contribution in [0.4, 0.5) is 0 Å². The third-order valence-electron chi connectivity index (χ3n) is 12.3. The summed E-state index contributed by atoms with van der Waals surface area (Å²) in [5.74, 6) is 3.70. The molecule has 8 aliphatic rings. The van der Waals surface area contributed by atoms with Gasteiger partial charge in [0.15, 0.2) is 0 Å². The lowest BCUT2D eigenvalue weighted by atomic mass is 9.49. The predicted octanol–water partition coefficient (Wildman–Crippen LogP) is 7.64. The first-order valence-electron chi connectivity index (χ1n) is 15.6. The van der Waals surface area contributed by atoms with Crippen LogP contribution in [0, 0.1) is 47.3 Å². The Morgan fingerprint density at radius 1 is 0.725 bits per heavy atom. The normalized spacial score (nSPS) is 42.3. The molecule has 0 unspecified atom stereocenters. The zero-order chi connectivity index (χ0) is 27.6. The molecule has 218 valence electrons. The van der Waals surface area contributed by atoms with Crippen molar-refractivity contribution in [2.75, 3.05) is 0 Å². The Morgan fingerprint density at radius 3 is 1.55 bits per heavy atom. The first-order valence-corrected chi connectivity index (χ1v) is 16.4. The average Bonchev–Trinajstić information content (AvgIpc) is 2.95. The molecular weight excluding hydrogens is 528 g/mol. The molecule has 0 heterocycles. The topological polar surface area (TPSA) is 91.3 Å². The van der Waals surface area contributed by atoms with Gasteiger partial charge in [0.25, 0.3) is 0 Å². The van der Waals surface area contributed by atoms with Crippen molar-refractivity contribution >= 4 is 24.0 Å². The summed E-state index contributed by atoms with van der Waals surface area (Å²) in [5.41, 5.74) is -0.492. The minimum atomic E-state index is -0.481. The molecule has 8 bridgehead atoms. The van der Waals surface area contributed by atoms with Gasteiger partial charge in [-0.2, -0.15) is 0 Å². The Balaban J connectivity index is 1.19. The van der Waals surface area contributed by atoms with E-state index in [1.807, 2.05) is 0 Å². The lowest BCUT2D eigenvalue weighted by Crippen LogP contribution is -2.59. The van der Waals surface area contributed by atoms with Crippen LogP contribution in [0.15, 0.2) is 23.1 Å². The van der Waals surface area contributed by atoms with Gasteiger partial charge in [0.05, 0.1) is 23.2 Å². The first-order chi connectivity index (χ1) is 19.4. The number of carbonyl (C=O) groups excluding carboxylic acids is 2. The molecule has 9 rings (SSSR count). The molecule has 1 aromatic rings. The maximum absolute atomic E-state index is 14.1. The molecule has 0 atom stereocenters. The second kappa shape index (κ2) is 10.3. The van der Waals surface area contributed by atoms with E-state index in [0.29, 0.717) is 28.6 Å². The van der Waals surface area contributed by atoms with Crippen LogP contribution in [0.5, 0.6) is 0 Å². The van der Waals surface area contributed by atoms with Crippen LogP contribution in [0.1, 0.15) is 112 Å². The molecule has 8 fully saturated rings. The number of hydrogen-bond donors (Lipinski definition) is 1. The lowest BCUT2D eigenvalue weighted by molar-refractivity contribution is -0.432. The third-order valence-corrected chi connectivity index (χ3v) is 12.9. The summed E-state index contributed by atoms with van der Waals surface area (Å²) in [5, 5.41) is 12.5. The summed E-state index contributed by atoms with van der Waals surface area (Å²) < 4.78 is 17.8. The van der Waals surface area contributed by atoms with Gasteiger partial charge in [-0.05, 0) is 143 Å². The van der Waals surface area contributed by atoms with Crippen molar-refractivity contribution < 1.29 is 33.7 Å². The van der Waals surface area contributed by atoms with E-state index in [9.17, 15) is 9.59 Å². The van der Waals surface area contributed by atoms with E-state index in [0.717, 1.165) is 99.9 Å². The van der Waals surface area contributed by atoms with E-state index in [4.69, 9.17) is 14.7 Å². The summed E-state index contributed by atoms with van der Waals surface area (Å²) in [7, 11) is 0. The van der Waals surface area contributed by atoms with Crippen LogP contribution in [0.25, 0.3) is 0 Å². The minimum absolute atomic E-state index is 0.202. The summed E-state index contributed by atoms with van der Waals surface area (Å²) in [6, 6.07) is 4.93. The van der Waals surface area contributed by atoms with Crippen LogP contribution in [-0.2, 0) is 18.8 Å². The number of benzene rings is 1. The van der Waals surface area contributed by atoms with Crippen molar-refractivity contribution in [3.05, 3.63) is 29.3 Å².